The molecular weight excluding hydrogens is 246 g/mol. The van der Waals surface area contributed by atoms with Crippen LogP contribution in [0, 0.1) is 32.1 Å². The summed E-state index contributed by atoms with van der Waals surface area (Å²) < 4.78 is 1.99. The number of aryl methyl sites for hydroxylation is 3. The Morgan fingerprint density at radius 3 is 2.55 bits per heavy atom. The average molecular weight is 261 g/mol. The molecule has 0 amide bonds. The fourth-order valence-electron chi connectivity index (χ4n) is 2.39. The van der Waals surface area contributed by atoms with E-state index in [2.05, 4.69) is 37.0 Å². The van der Waals surface area contributed by atoms with E-state index in [0.717, 1.165) is 22.3 Å². The fourth-order valence-corrected chi connectivity index (χ4v) is 2.39. The van der Waals surface area contributed by atoms with Crippen molar-refractivity contribution in [2.24, 2.45) is 0 Å². The van der Waals surface area contributed by atoms with Crippen molar-refractivity contribution in [3.05, 3.63) is 58.9 Å². The standard InChI is InChI=1S/C17H15N3/c1-11-4-5-14(9-18)16(6-11)20-10-19-15-7-12(2)13(3)8-17(15)20/h4-8,10H,1-3H3. The Hall–Kier alpha value is -2.60. The zero-order valence-corrected chi connectivity index (χ0v) is 11.8. The van der Waals surface area contributed by atoms with Crippen molar-refractivity contribution in [2.45, 2.75) is 20.8 Å². The van der Waals surface area contributed by atoms with Crippen molar-refractivity contribution < 1.29 is 0 Å². The Kier molecular flexibility index (Phi) is 2.80. The molecule has 1 heterocycles. The molecule has 0 aliphatic rings. The van der Waals surface area contributed by atoms with Crippen LogP contribution in [0.3, 0.4) is 0 Å². The molecule has 0 fully saturated rings. The van der Waals surface area contributed by atoms with Gasteiger partial charge in [0.2, 0.25) is 0 Å². The van der Waals surface area contributed by atoms with E-state index in [4.69, 9.17) is 0 Å². The van der Waals surface area contributed by atoms with E-state index in [0.29, 0.717) is 5.56 Å². The number of nitrogens with zero attached hydrogens (tertiary/aromatic N) is 3. The lowest BCUT2D eigenvalue weighted by Crippen LogP contribution is -1.97. The molecule has 98 valence electrons. The van der Waals surface area contributed by atoms with E-state index in [1.165, 1.54) is 11.1 Å². The predicted octanol–water partition coefficient (Wildman–Crippen LogP) is 3.82. The van der Waals surface area contributed by atoms with Gasteiger partial charge in [-0.3, -0.25) is 4.57 Å². The monoisotopic (exact) mass is 261 g/mol. The molecule has 0 saturated carbocycles. The van der Waals surface area contributed by atoms with Gasteiger partial charge < -0.3 is 0 Å². The molecule has 0 unspecified atom stereocenters. The molecule has 0 bridgehead atoms. The lowest BCUT2D eigenvalue weighted by molar-refractivity contribution is 1.08. The summed E-state index contributed by atoms with van der Waals surface area (Å²) in [6.45, 7) is 6.20. The van der Waals surface area contributed by atoms with Gasteiger partial charge in [-0.15, -0.1) is 0 Å². The summed E-state index contributed by atoms with van der Waals surface area (Å²) in [6.07, 6.45) is 1.79. The highest BCUT2D eigenvalue weighted by molar-refractivity contribution is 5.80. The number of hydrogen-bond acceptors (Lipinski definition) is 2. The first-order valence-electron chi connectivity index (χ1n) is 6.55. The Labute approximate surface area is 118 Å². The molecule has 3 nitrogen and oxygen atoms in total. The van der Waals surface area contributed by atoms with Crippen LogP contribution in [0.5, 0.6) is 0 Å². The summed E-state index contributed by atoms with van der Waals surface area (Å²) in [7, 11) is 0. The van der Waals surface area contributed by atoms with Crippen molar-refractivity contribution >= 4 is 11.0 Å². The third-order valence-electron chi connectivity index (χ3n) is 3.70. The van der Waals surface area contributed by atoms with Crippen molar-refractivity contribution in [1.82, 2.24) is 9.55 Å². The second kappa shape index (κ2) is 4.50. The summed E-state index contributed by atoms with van der Waals surface area (Å²) in [6, 6.07) is 12.3. The van der Waals surface area contributed by atoms with Crippen LogP contribution in [0.2, 0.25) is 0 Å². The first-order valence-corrected chi connectivity index (χ1v) is 6.55. The maximum atomic E-state index is 9.30. The highest BCUT2D eigenvalue weighted by atomic mass is 15.0. The summed E-state index contributed by atoms with van der Waals surface area (Å²) in [5.41, 5.74) is 7.13. The first-order chi connectivity index (χ1) is 9.60. The highest BCUT2D eigenvalue weighted by Crippen LogP contribution is 2.24. The quantitative estimate of drug-likeness (QED) is 0.668. The second-order valence-corrected chi connectivity index (χ2v) is 5.17. The van der Waals surface area contributed by atoms with Gasteiger partial charge in [-0.1, -0.05) is 6.07 Å². The molecule has 0 radical (unpaired) electrons. The normalized spacial score (nSPS) is 10.7. The van der Waals surface area contributed by atoms with Crippen molar-refractivity contribution in [2.75, 3.05) is 0 Å². The van der Waals surface area contributed by atoms with Crippen molar-refractivity contribution in [1.29, 1.82) is 5.26 Å². The Morgan fingerprint density at radius 2 is 1.80 bits per heavy atom. The summed E-state index contributed by atoms with van der Waals surface area (Å²) in [5, 5.41) is 9.30. The lowest BCUT2D eigenvalue weighted by atomic mass is 10.1. The molecule has 1 aromatic heterocycles. The van der Waals surface area contributed by atoms with Crippen LogP contribution in [-0.2, 0) is 0 Å². The van der Waals surface area contributed by atoms with E-state index in [1.54, 1.807) is 6.33 Å². The number of benzene rings is 2. The Balaban J connectivity index is 2.33. The molecular formula is C17H15N3. The van der Waals surface area contributed by atoms with Gasteiger partial charge >= 0.3 is 0 Å². The maximum absolute atomic E-state index is 9.30. The van der Waals surface area contributed by atoms with Crippen LogP contribution in [0.15, 0.2) is 36.7 Å². The minimum atomic E-state index is 0.660. The van der Waals surface area contributed by atoms with Gasteiger partial charge in [0.15, 0.2) is 0 Å². The number of rotatable bonds is 1. The van der Waals surface area contributed by atoms with Gasteiger partial charge in [-0.05, 0) is 61.7 Å². The van der Waals surface area contributed by atoms with Gasteiger partial charge in [0.1, 0.15) is 12.4 Å². The first kappa shape index (κ1) is 12.4. The Morgan fingerprint density at radius 1 is 1.05 bits per heavy atom. The van der Waals surface area contributed by atoms with Gasteiger partial charge in [0.05, 0.1) is 22.3 Å². The second-order valence-electron chi connectivity index (χ2n) is 5.17. The zero-order valence-electron chi connectivity index (χ0n) is 11.8. The van der Waals surface area contributed by atoms with E-state index in [9.17, 15) is 5.26 Å². The highest BCUT2D eigenvalue weighted by Gasteiger charge is 2.10. The SMILES string of the molecule is Cc1ccc(C#N)c(-n2cnc3cc(C)c(C)cc32)c1. The molecule has 0 saturated heterocycles. The van der Waals surface area contributed by atoms with E-state index < -0.39 is 0 Å². The molecule has 0 atom stereocenters. The maximum Gasteiger partial charge on any atom is 0.101 e. The van der Waals surface area contributed by atoms with Crippen LogP contribution >= 0.6 is 0 Å². The van der Waals surface area contributed by atoms with E-state index in [1.807, 2.05) is 29.7 Å². The van der Waals surface area contributed by atoms with Crippen LogP contribution in [-0.4, -0.2) is 9.55 Å². The smallest absolute Gasteiger partial charge is 0.101 e. The fraction of sp³-hybridized carbons (Fsp3) is 0.176. The van der Waals surface area contributed by atoms with Crippen LogP contribution in [0.4, 0.5) is 0 Å². The molecule has 0 spiro atoms. The molecule has 0 aliphatic heterocycles. The summed E-state index contributed by atoms with van der Waals surface area (Å²) in [5.74, 6) is 0. The van der Waals surface area contributed by atoms with Gasteiger partial charge in [-0.25, -0.2) is 4.98 Å². The third-order valence-corrected chi connectivity index (χ3v) is 3.70. The van der Waals surface area contributed by atoms with Crippen LogP contribution < -0.4 is 0 Å². The number of hydrogen-bond donors (Lipinski definition) is 0. The third kappa shape index (κ3) is 1.86. The predicted molar refractivity (Wildman–Crippen MR) is 80.0 cm³/mol. The number of imidazole rings is 1. The van der Waals surface area contributed by atoms with Gasteiger partial charge in [0.25, 0.3) is 0 Å². The number of nitriles is 1. The topological polar surface area (TPSA) is 41.6 Å². The molecule has 2 aromatic carbocycles. The molecule has 3 aromatic rings. The van der Waals surface area contributed by atoms with Gasteiger partial charge in [-0.2, -0.15) is 5.26 Å². The number of fused-ring (bicyclic) bond motifs is 1. The number of aromatic nitrogens is 2. The average Bonchev–Trinajstić information content (AvgIpc) is 2.82. The lowest BCUT2D eigenvalue weighted by Gasteiger charge is -2.09. The zero-order chi connectivity index (χ0) is 14.3. The van der Waals surface area contributed by atoms with Crippen molar-refractivity contribution in [3.63, 3.8) is 0 Å². The minimum absolute atomic E-state index is 0.660. The van der Waals surface area contributed by atoms with E-state index in [-0.39, 0.29) is 0 Å². The van der Waals surface area contributed by atoms with Crippen LogP contribution in [0.1, 0.15) is 22.3 Å². The largest absolute Gasteiger partial charge is 0.297 e. The van der Waals surface area contributed by atoms with E-state index >= 15 is 0 Å². The molecule has 0 aliphatic carbocycles. The molecule has 3 heteroatoms. The summed E-state index contributed by atoms with van der Waals surface area (Å²) >= 11 is 0. The van der Waals surface area contributed by atoms with Crippen LogP contribution in [0.25, 0.3) is 16.7 Å². The molecule has 3 rings (SSSR count). The molecule has 0 N–H and O–H groups in total. The molecule has 20 heavy (non-hydrogen) atoms. The Bertz CT molecular complexity index is 851. The van der Waals surface area contributed by atoms with Crippen molar-refractivity contribution in [3.8, 4) is 11.8 Å². The van der Waals surface area contributed by atoms with Gasteiger partial charge in [0, 0.05) is 0 Å². The minimum Gasteiger partial charge on any atom is -0.297 e. The summed E-state index contributed by atoms with van der Waals surface area (Å²) in [4.78, 5) is 4.46.